The highest BCUT2D eigenvalue weighted by Gasteiger charge is 2.10. The summed E-state index contributed by atoms with van der Waals surface area (Å²) in [6.07, 6.45) is 1.72. The summed E-state index contributed by atoms with van der Waals surface area (Å²) in [4.78, 5) is 15.7. The predicted molar refractivity (Wildman–Crippen MR) is 70.5 cm³/mol. The number of hydrogen-bond donors (Lipinski definition) is 0. The minimum absolute atomic E-state index is 0.349. The minimum atomic E-state index is -0.350. The van der Waals surface area contributed by atoms with Crippen LogP contribution in [0.3, 0.4) is 0 Å². The van der Waals surface area contributed by atoms with E-state index in [9.17, 15) is 4.79 Å². The van der Waals surface area contributed by atoms with Crippen LogP contribution in [0.1, 0.15) is 21.6 Å². The molecular weight excluding hydrogens is 242 g/mol. The van der Waals surface area contributed by atoms with Crippen LogP contribution in [0.5, 0.6) is 0 Å². The quantitative estimate of drug-likeness (QED) is 0.772. The summed E-state index contributed by atoms with van der Waals surface area (Å²) in [6.45, 7) is 0.762. The third-order valence-electron chi connectivity index (χ3n) is 2.66. The van der Waals surface area contributed by atoms with Crippen molar-refractivity contribution in [1.29, 1.82) is 0 Å². The third-order valence-corrected chi connectivity index (χ3v) is 2.66. The second kappa shape index (κ2) is 6.66. The van der Waals surface area contributed by atoms with Crippen molar-refractivity contribution < 1.29 is 14.3 Å². The smallest absolute Gasteiger partial charge is 0.338 e. The maximum atomic E-state index is 11.6. The van der Waals surface area contributed by atoms with Crippen molar-refractivity contribution in [2.24, 2.45) is 0 Å². The van der Waals surface area contributed by atoms with Crippen molar-refractivity contribution in [3.8, 4) is 0 Å². The van der Waals surface area contributed by atoms with Crippen molar-refractivity contribution in [3.05, 3.63) is 65.5 Å². The summed E-state index contributed by atoms with van der Waals surface area (Å²) < 4.78 is 10.3. The number of rotatable bonds is 5. The average molecular weight is 257 g/mol. The lowest BCUT2D eigenvalue weighted by Crippen LogP contribution is -2.07. The molecule has 2 rings (SSSR count). The molecule has 0 N–H and O–H groups in total. The Morgan fingerprint density at radius 1 is 1.11 bits per heavy atom. The van der Waals surface area contributed by atoms with Gasteiger partial charge >= 0.3 is 5.97 Å². The monoisotopic (exact) mass is 257 g/mol. The largest absolute Gasteiger partial charge is 0.465 e. The van der Waals surface area contributed by atoms with Crippen molar-refractivity contribution in [1.82, 2.24) is 4.98 Å². The van der Waals surface area contributed by atoms with Gasteiger partial charge in [0.1, 0.15) is 0 Å². The van der Waals surface area contributed by atoms with Gasteiger partial charge in [-0.15, -0.1) is 0 Å². The maximum Gasteiger partial charge on any atom is 0.338 e. The number of esters is 1. The zero-order valence-electron chi connectivity index (χ0n) is 10.7. The molecule has 1 aromatic heterocycles. The molecule has 0 saturated heterocycles. The van der Waals surface area contributed by atoms with E-state index in [0.717, 1.165) is 11.3 Å². The first-order valence-corrected chi connectivity index (χ1v) is 5.95. The van der Waals surface area contributed by atoms with Crippen LogP contribution in [0, 0.1) is 0 Å². The SMILES string of the molecule is COC(=O)c1ccccc1COCc1ccccn1. The summed E-state index contributed by atoms with van der Waals surface area (Å²) >= 11 is 0. The molecule has 2 aromatic rings. The van der Waals surface area contributed by atoms with Crippen LogP contribution < -0.4 is 0 Å². The van der Waals surface area contributed by atoms with Gasteiger partial charge in [-0.25, -0.2) is 4.79 Å². The van der Waals surface area contributed by atoms with Crippen LogP contribution >= 0.6 is 0 Å². The van der Waals surface area contributed by atoms with Gasteiger partial charge < -0.3 is 9.47 Å². The molecule has 0 spiro atoms. The fraction of sp³-hybridized carbons (Fsp3) is 0.200. The molecule has 4 heteroatoms. The highest BCUT2D eigenvalue weighted by molar-refractivity contribution is 5.90. The molecule has 4 nitrogen and oxygen atoms in total. The van der Waals surface area contributed by atoms with Crippen LogP contribution in [-0.4, -0.2) is 18.1 Å². The van der Waals surface area contributed by atoms with Gasteiger partial charge in [-0.05, 0) is 23.8 Å². The van der Waals surface area contributed by atoms with E-state index in [0.29, 0.717) is 18.8 Å². The number of hydrogen-bond acceptors (Lipinski definition) is 4. The number of carbonyl (C=O) groups excluding carboxylic acids is 1. The summed E-state index contributed by atoms with van der Waals surface area (Å²) in [5.41, 5.74) is 2.20. The van der Waals surface area contributed by atoms with Gasteiger partial charge in [0.15, 0.2) is 0 Å². The lowest BCUT2D eigenvalue weighted by molar-refractivity contribution is 0.0589. The predicted octanol–water partition coefficient (Wildman–Crippen LogP) is 2.59. The second-order valence-electron chi connectivity index (χ2n) is 3.96. The molecule has 0 amide bonds. The summed E-state index contributed by atoms with van der Waals surface area (Å²) in [5, 5.41) is 0. The lowest BCUT2D eigenvalue weighted by atomic mass is 10.1. The molecule has 0 bridgehead atoms. The topological polar surface area (TPSA) is 48.4 Å². The molecule has 0 radical (unpaired) electrons. The number of ether oxygens (including phenoxy) is 2. The van der Waals surface area contributed by atoms with Crippen LogP contribution in [0.2, 0.25) is 0 Å². The minimum Gasteiger partial charge on any atom is -0.465 e. The molecule has 0 aliphatic rings. The lowest BCUT2D eigenvalue weighted by Gasteiger charge is -2.08. The Balaban J connectivity index is 1.98. The van der Waals surface area contributed by atoms with Crippen molar-refractivity contribution >= 4 is 5.97 Å². The standard InChI is InChI=1S/C15H15NO3/c1-18-15(17)14-8-3-2-6-12(14)10-19-11-13-7-4-5-9-16-13/h2-9H,10-11H2,1H3. The highest BCUT2D eigenvalue weighted by atomic mass is 16.5. The van der Waals surface area contributed by atoms with Crippen molar-refractivity contribution in [2.75, 3.05) is 7.11 Å². The van der Waals surface area contributed by atoms with Crippen LogP contribution in [-0.2, 0) is 22.7 Å². The molecule has 98 valence electrons. The van der Waals surface area contributed by atoms with Crippen molar-refractivity contribution in [3.63, 3.8) is 0 Å². The molecule has 0 atom stereocenters. The number of methoxy groups -OCH3 is 1. The molecule has 19 heavy (non-hydrogen) atoms. The van der Waals surface area contributed by atoms with E-state index in [1.807, 2.05) is 30.3 Å². The Morgan fingerprint density at radius 2 is 1.89 bits per heavy atom. The van der Waals surface area contributed by atoms with E-state index in [4.69, 9.17) is 9.47 Å². The normalized spacial score (nSPS) is 10.2. The fourth-order valence-corrected chi connectivity index (χ4v) is 1.70. The Morgan fingerprint density at radius 3 is 2.63 bits per heavy atom. The highest BCUT2D eigenvalue weighted by Crippen LogP contribution is 2.12. The Bertz CT molecular complexity index is 540. The molecule has 1 aromatic carbocycles. The number of pyridine rings is 1. The van der Waals surface area contributed by atoms with E-state index in [2.05, 4.69) is 4.98 Å². The van der Waals surface area contributed by atoms with E-state index in [-0.39, 0.29) is 5.97 Å². The molecule has 0 unspecified atom stereocenters. The Hall–Kier alpha value is -2.20. The molecule has 0 aliphatic heterocycles. The van der Waals surface area contributed by atoms with E-state index in [1.54, 1.807) is 18.3 Å². The molecule has 0 saturated carbocycles. The summed E-state index contributed by atoms with van der Waals surface area (Å²) in [6, 6.07) is 12.9. The number of carbonyl (C=O) groups is 1. The Labute approximate surface area is 112 Å². The fourth-order valence-electron chi connectivity index (χ4n) is 1.70. The van der Waals surface area contributed by atoms with E-state index in [1.165, 1.54) is 7.11 Å². The molecule has 1 heterocycles. The van der Waals surface area contributed by atoms with Crippen LogP contribution in [0.15, 0.2) is 48.7 Å². The molecule has 0 aliphatic carbocycles. The van der Waals surface area contributed by atoms with Gasteiger partial charge in [-0.2, -0.15) is 0 Å². The summed E-state index contributed by atoms with van der Waals surface area (Å²) in [7, 11) is 1.37. The first-order chi connectivity index (χ1) is 9.31. The van der Waals surface area contributed by atoms with E-state index < -0.39 is 0 Å². The second-order valence-corrected chi connectivity index (χ2v) is 3.96. The number of aromatic nitrogens is 1. The van der Waals surface area contributed by atoms with Gasteiger partial charge in [0.25, 0.3) is 0 Å². The van der Waals surface area contributed by atoms with Gasteiger partial charge in [0.05, 0.1) is 31.6 Å². The average Bonchev–Trinajstić information content (AvgIpc) is 2.48. The van der Waals surface area contributed by atoms with E-state index >= 15 is 0 Å². The van der Waals surface area contributed by atoms with Crippen LogP contribution in [0.4, 0.5) is 0 Å². The van der Waals surface area contributed by atoms with Gasteiger partial charge in [0.2, 0.25) is 0 Å². The summed E-state index contributed by atoms with van der Waals surface area (Å²) in [5.74, 6) is -0.350. The Kier molecular flexibility index (Phi) is 4.64. The van der Waals surface area contributed by atoms with Crippen LogP contribution in [0.25, 0.3) is 0 Å². The van der Waals surface area contributed by atoms with Crippen molar-refractivity contribution in [2.45, 2.75) is 13.2 Å². The molecule has 0 fully saturated rings. The first kappa shape index (κ1) is 13.2. The number of nitrogens with zero attached hydrogens (tertiary/aromatic N) is 1. The van der Waals surface area contributed by atoms with Gasteiger partial charge in [-0.3, -0.25) is 4.98 Å². The maximum absolute atomic E-state index is 11.6. The molecular formula is C15H15NO3. The first-order valence-electron chi connectivity index (χ1n) is 5.95. The van der Waals surface area contributed by atoms with Gasteiger partial charge in [0, 0.05) is 6.20 Å². The number of benzene rings is 1. The zero-order valence-corrected chi connectivity index (χ0v) is 10.7. The zero-order chi connectivity index (χ0) is 13.5. The third kappa shape index (κ3) is 3.63. The van der Waals surface area contributed by atoms with Gasteiger partial charge in [-0.1, -0.05) is 24.3 Å².